The Hall–Kier alpha value is -1.39. The third kappa shape index (κ3) is 1.52. The molecule has 2 rings (SSSR count). The molecule has 1 atom stereocenters. The number of fused-ring (bicyclic) bond motifs is 1. The number of ketones is 1. The van der Waals surface area contributed by atoms with E-state index in [2.05, 4.69) is 26.0 Å². The van der Waals surface area contributed by atoms with Crippen LogP contribution in [0.25, 0.3) is 10.4 Å². The molecule has 0 N–H and O–H groups in total. The first-order valence-corrected chi connectivity index (χ1v) is 4.94. The minimum Gasteiger partial charge on any atom is -0.290 e. The average Bonchev–Trinajstić information content (AvgIpc) is 2.39. The monoisotopic (exact) mass is 269 g/mol. The van der Waals surface area contributed by atoms with Crippen LogP contribution in [0.5, 0.6) is 0 Å². The summed E-state index contributed by atoms with van der Waals surface area (Å²) in [5, 5.41) is 2.93. The van der Waals surface area contributed by atoms with Gasteiger partial charge in [0.1, 0.15) is 0 Å². The van der Waals surface area contributed by atoms with Crippen LogP contribution in [0, 0.1) is 0 Å². The molecule has 0 fully saturated rings. The second kappa shape index (κ2) is 3.32. The van der Waals surface area contributed by atoms with Gasteiger partial charge < -0.3 is 0 Å². The molecule has 15 heavy (non-hydrogen) atoms. The van der Waals surface area contributed by atoms with E-state index in [1.165, 1.54) is 6.07 Å². The maximum absolute atomic E-state index is 13.8. The number of hydrogen-bond acceptors (Lipinski definition) is 2. The number of halogens is 2. The molecule has 76 valence electrons. The van der Waals surface area contributed by atoms with Gasteiger partial charge in [0.25, 0.3) is 5.79 Å². The normalized spacial score (nSPS) is 23.5. The number of azide groups is 1. The Morgan fingerprint density at radius 1 is 1.60 bits per heavy atom. The highest BCUT2D eigenvalue weighted by Gasteiger charge is 2.45. The smallest absolute Gasteiger partial charge is 0.255 e. The molecule has 1 aromatic rings. The Bertz CT molecular complexity index is 498. The predicted molar refractivity (Wildman–Crippen MR) is 55.2 cm³/mol. The van der Waals surface area contributed by atoms with Crippen LogP contribution in [0.2, 0.25) is 0 Å². The summed E-state index contributed by atoms with van der Waals surface area (Å²) in [5.41, 5.74) is 9.04. The van der Waals surface area contributed by atoms with Crippen molar-refractivity contribution in [3.8, 4) is 0 Å². The van der Waals surface area contributed by atoms with Crippen molar-refractivity contribution >= 4 is 21.7 Å². The first-order valence-electron chi connectivity index (χ1n) is 4.15. The molecular weight excluding hydrogens is 265 g/mol. The molecule has 1 aliphatic rings. The SMILES string of the molecule is [N-]=[N+]=NC1(F)Cc2cc(Br)ccc2C1=O. The zero-order valence-corrected chi connectivity index (χ0v) is 9.03. The predicted octanol–water partition coefficient (Wildman–Crippen LogP) is 3.16. The maximum atomic E-state index is 13.8. The molecule has 0 amide bonds. The van der Waals surface area contributed by atoms with E-state index in [4.69, 9.17) is 5.53 Å². The van der Waals surface area contributed by atoms with E-state index in [1.807, 2.05) is 0 Å². The van der Waals surface area contributed by atoms with E-state index in [1.54, 1.807) is 12.1 Å². The third-order valence-electron chi connectivity index (χ3n) is 2.29. The molecule has 1 unspecified atom stereocenters. The molecule has 0 aromatic heterocycles. The van der Waals surface area contributed by atoms with E-state index in [9.17, 15) is 9.18 Å². The number of carbonyl (C=O) groups excluding carboxylic acids is 1. The lowest BCUT2D eigenvalue weighted by molar-refractivity contribution is 0.0735. The minimum atomic E-state index is -2.45. The van der Waals surface area contributed by atoms with Crippen molar-refractivity contribution in [3.05, 3.63) is 44.2 Å². The van der Waals surface area contributed by atoms with E-state index < -0.39 is 11.6 Å². The van der Waals surface area contributed by atoms with Crippen LogP contribution in [0.4, 0.5) is 4.39 Å². The van der Waals surface area contributed by atoms with Gasteiger partial charge in [0.2, 0.25) is 5.78 Å². The van der Waals surface area contributed by atoms with Crippen molar-refractivity contribution in [3.63, 3.8) is 0 Å². The second-order valence-electron chi connectivity index (χ2n) is 3.26. The van der Waals surface area contributed by atoms with Crippen molar-refractivity contribution in [1.29, 1.82) is 0 Å². The molecule has 6 heteroatoms. The van der Waals surface area contributed by atoms with Gasteiger partial charge in [-0.3, -0.25) is 4.79 Å². The summed E-state index contributed by atoms with van der Waals surface area (Å²) in [6.45, 7) is 0. The molecule has 0 aliphatic heterocycles. The molecule has 0 heterocycles. The largest absolute Gasteiger partial charge is 0.290 e. The zero-order chi connectivity index (χ0) is 11.1. The summed E-state index contributed by atoms with van der Waals surface area (Å²) in [4.78, 5) is 13.9. The van der Waals surface area contributed by atoms with Crippen LogP contribution in [-0.4, -0.2) is 11.6 Å². The van der Waals surface area contributed by atoms with Gasteiger partial charge in [-0.1, -0.05) is 15.9 Å². The number of nitrogens with zero attached hydrogens (tertiary/aromatic N) is 3. The lowest BCUT2D eigenvalue weighted by Gasteiger charge is -2.07. The fourth-order valence-electron chi connectivity index (χ4n) is 1.62. The third-order valence-corrected chi connectivity index (χ3v) is 2.78. The Morgan fingerprint density at radius 3 is 3.00 bits per heavy atom. The van der Waals surface area contributed by atoms with Crippen LogP contribution in [0.3, 0.4) is 0 Å². The number of rotatable bonds is 1. The van der Waals surface area contributed by atoms with Crippen molar-refractivity contribution < 1.29 is 9.18 Å². The molecule has 0 spiro atoms. The summed E-state index contributed by atoms with van der Waals surface area (Å²) < 4.78 is 14.6. The zero-order valence-electron chi connectivity index (χ0n) is 7.44. The molecule has 1 aliphatic carbocycles. The van der Waals surface area contributed by atoms with Crippen LogP contribution in [0.15, 0.2) is 27.8 Å². The van der Waals surface area contributed by atoms with Crippen molar-refractivity contribution in [2.24, 2.45) is 5.11 Å². The maximum Gasteiger partial charge on any atom is 0.255 e. The molecule has 1 aromatic carbocycles. The standard InChI is InChI=1S/C9H5BrFN3O/c10-6-1-2-7-5(3-6)4-9(11,8(7)15)13-14-12/h1-3H,4H2. The van der Waals surface area contributed by atoms with E-state index in [0.29, 0.717) is 5.56 Å². The highest BCUT2D eigenvalue weighted by molar-refractivity contribution is 9.10. The molecule has 4 nitrogen and oxygen atoms in total. The Balaban J connectivity index is 2.54. The summed E-state index contributed by atoms with van der Waals surface area (Å²) >= 11 is 3.22. The Kier molecular flexibility index (Phi) is 2.25. The van der Waals surface area contributed by atoms with Crippen LogP contribution >= 0.6 is 15.9 Å². The Morgan fingerprint density at radius 2 is 2.33 bits per heavy atom. The van der Waals surface area contributed by atoms with E-state index >= 15 is 0 Å². The average molecular weight is 270 g/mol. The molecule has 0 saturated carbocycles. The first kappa shape index (κ1) is 10.1. The molecule has 0 radical (unpaired) electrons. The van der Waals surface area contributed by atoms with Crippen molar-refractivity contribution in [1.82, 2.24) is 0 Å². The van der Waals surface area contributed by atoms with Crippen LogP contribution < -0.4 is 0 Å². The minimum absolute atomic E-state index is 0.190. The lowest BCUT2D eigenvalue weighted by Crippen LogP contribution is -2.26. The highest BCUT2D eigenvalue weighted by Crippen LogP contribution is 2.35. The lowest BCUT2D eigenvalue weighted by atomic mass is 10.1. The number of benzene rings is 1. The fourth-order valence-corrected chi connectivity index (χ4v) is 2.03. The van der Waals surface area contributed by atoms with Crippen molar-refractivity contribution in [2.75, 3.05) is 0 Å². The van der Waals surface area contributed by atoms with Crippen LogP contribution in [0.1, 0.15) is 15.9 Å². The van der Waals surface area contributed by atoms with Gasteiger partial charge >= 0.3 is 0 Å². The van der Waals surface area contributed by atoms with Crippen molar-refractivity contribution in [2.45, 2.75) is 12.2 Å². The summed E-state index contributed by atoms with van der Waals surface area (Å²) in [7, 11) is 0. The molecular formula is C9H5BrFN3O. The molecule has 0 saturated heterocycles. The van der Waals surface area contributed by atoms with Gasteiger partial charge in [0.15, 0.2) is 0 Å². The number of alkyl halides is 1. The van der Waals surface area contributed by atoms with E-state index in [-0.39, 0.29) is 12.0 Å². The first-order chi connectivity index (χ1) is 7.07. The molecule has 0 bridgehead atoms. The summed E-state index contributed by atoms with van der Waals surface area (Å²) in [5.74, 6) is -3.21. The van der Waals surface area contributed by atoms with E-state index in [0.717, 1.165) is 4.47 Å². The second-order valence-corrected chi connectivity index (χ2v) is 4.17. The summed E-state index contributed by atoms with van der Waals surface area (Å²) in [6.07, 6.45) is -0.190. The van der Waals surface area contributed by atoms with Crippen LogP contribution in [-0.2, 0) is 6.42 Å². The number of carbonyl (C=O) groups is 1. The fraction of sp³-hybridized carbons (Fsp3) is 0.222. The highest BCUT2D eigenvalue weighted by atomic mass is 79.9. The van der Waals surface area contributed by atoms with Gasteiger partial charge in [-0.2, -0.15) is 0 Å². The quantitative estimate of drug-likeness (QED) is 0.334. The van der Waals surface area contributed by atoms with Gasteiger partial charge in [-0.25, -0.2) is 4.39 Å². The van der Waals surface area contributed by atoms with Gasteiger partial charge in [0.05, 0.1) is 0 Å². The van der Waals surface area contributed by atoms with Gasteiger partial charge in [-0.05, 0) is 34.4 Å². The Labute approximate surface area is 92.8 Å². The summed E-state index contributed by atoms with van der Waals surface area (Å²) in [6, 6.07) is 4.83. The van der Waals surface area contributed by atoms with Gasteiger partial charge in [-0.15, -0.1) is 0 Å². The number of hydrogen-bond donors (Lipinski definition) is 0. The topological polar surface area (TPSA) is 65.8 Å². The number of Topliss-reactive ketones (excluding diaryl/α,β-unsaturated/α-hetero) is 1. The van der Waals surface area contributed by atoms with Gasteiger partial charge in [0, 0.05) is 21.4 Å².